The minimum Gasteiger partial charge on any atom is -0.460 e. The monoisotopic (exact) mass is 431 g/mol. The van der Waals surface area contributed by atoms with Gasteiger partial charge >= 0.3 is 11.9 Å². The number of ether oxygens (including phenoxy) is 4. The number of benzene rings is 2. The lowest BCUT2D eigenvalue weighted by atomic mass is 10.2. The number of carbonyl (C=O) groups is 3. The molecule has 1 aliphatic rings. The van der Waals surface area contributed by atoms with Gasteiger partial charge in [0.2, 0.25) is 12.7 Å². The Morgan fingerprint density at radius 2 is 1.87 bits per heavy atom. The Kier molecular flexibility index (Phi) is 7.18. The number of hydrogen-bond donors (Lipinski definition) is 1. The number of nitrogens with one attached hydrogen (secondary N) is 1. The molecule has 1 heterocycles. The lowest BCUT2D eigenvalue weighted by Crippen LogP contribution is -2.20. The molecule has 3 rings (SSSR count). The third-order valence-electron chi connectivity index (χ3n) is 3.81. The van der Waals surface area contributed by atoms with Crippen LogP contribution in [-0.4, -0.2) is 43.1 Å². The predicted octanol–water partition coefficient (Wildman–Crippen LogP) is 3.25. The molecule has 0 aromatic heterocycles. The van der Waals surface area contributed by atoms with Crippen molar-refractivity contribution < 1.29 is 33.3 Å². The third kappa shape index (κ3) is 5.90. The van der Waals surface area contributed by atoms with Crippen molar-refractivity contribution in [3.05, 3.63) is 48.0 Å². The third-order valence-corrected chi connectivity index (χ3v) is 4.88. The van der Waals surface area contributed by atoms with E-state index in [4.69, 9.17) is 18.9 Å². The second-order valence-corrected chi connectivity index (χ2v) is 7.53. The molecule has 0 fully saturated rings. The summed E-state index contributed by atoms with van der Waals surface area (Å²) in [6.45, 7) is 3.10. The molecule has 0 saturated heterocycles. The van der Waals surface area contributed by atoms with Gasteiger partial charge < -0.3 is 24.3 Å². The molecule has 9 heteroatoms. The number of thioether (sulfide) groups is 1. The zero-order chi connectivity index (χ0) is 21.5. The normalized spacial score (nSPS) is 11.8. The Morgan fingerprint density at radius 1 is 1.10 bits per heavy atom. The molecule has 1 amide bonds. The van der Waals surface area contributed by atoms with E-state index in [-0.39, 0.29) is 30.1 Å². The van der Waals surface area contributed by atoms with Crippen LogP contribution in [0.4, 0.5) is 5.69 Å². The van der Waals surface area contributed by atoms with Crippen molar-refractivity contribution >= 4 is 35.3 Å². The summed E-state index contributed by atoms with van der Waals surface area (Å²) in [6, 6.07) is 11.8. The fraction of sp³-hybridized carbons (Fsp3) is 0.286. The molecule has 158 valence electrons. The molecule has 0 bridgehead atoms. The molecule has 2 aromatic carbocycles. The van der Waals surface area contributed by atoms with Gasteiger partial charge in [-0.15, -0.1) is 11.8 Å². The molecule has 0 unspecified atom stereocenters. The van der Waals surface area contributed by atoms with Gasteiger partial charge in [0.25, 0.3) is 0 Å². The summed E-state index contributed by atoms with van der Waals surface area (Å²) in [5.41, 5.74) is 0.858. The van der Waals surface area contributed by atoms with Crippen LogP contribution in [0.25, 0.3) is 0 Å². The van der Waals surface area contributed by atoms with Crippen LogP contribution in [0.3, 0.4) is 0 Å². The van der Waals surface area contributed by atoms with Crippen molar-refractivity contribution in [2.75, 3.05) is 24.5 Å². The maximum atomic E-state index is 12.3. The van der Waals surface area contributed by atoms with Gasteiger partial charge in [0.15, 0.2) is 18.1 Å². The largest absolute Gasteiger partial charge is 0.460 e. The van der Waals surface area contributed by atoms with Crippen LogP contribution in [-0.2, 0) is 19.1 Å². The Hall–Kier alpha value is -3.20. The zero-order valence-corrected chi connectivity index (χ0v) is 17.3. The Labute approximate surface area is 177 Å². The van der Waals surface area contributed by atoms with E-state index in [1.54, 1.807) is 56.3 Å². The van der Waals surface area contributed by atoms with Crippen molar-refractivity contribution in [2.45, 2.75) is 24.8 Å². The van der Waals surface area contributed by atoms with Crippen LogP contribution >= 0.6 is 11.8 Å². The van der Waals surface area contributed by atoms with E-state index in [1.807, 2.05) is 0 Å². The van der Waals surface area contributed by atoms with Crippen LogP contribution in [0, 0.1) is 0 Å². The van der Waals surface area contributed by atoms with Crippen LogP contribution in [0.5, 0.6) is 11.5 Å². The summed E-state index contributed by atoms with van der Waals surface area (Å²) in [4.78, 5) is 36.8. The Bertz CT molecular complexity index is 945. The average molecular weight is 431 g/mol. The number of rotatable bonds is 8. The van der Waals surface area contributed by atoms with E-state index in [9.17, 15) is 14.4 Å². The summed E-state index contributed by atoms with van der Waals surface area (Å²) in [7, 11) is 0. The molecular weight excluding hydrogens is 410 g/mol. The van der Waals surface area contributed by atoms with Gasteiger partial charge in [0, 0.05) is 16.6 Å². The molecular formula is C21H21NO7S. The predicted molar refractivity (Wildman–Crippen MR) is 110 cm³/mol. The highest BCUT2D eigenvalue weighted by Gasteiger charge is 2.17. The van der Waals surface area contributed by atoms with Crippen molar-refractivity contribution in [3.63, 3.8) is 0 Å². The molecule has 30 heavy (non-hydrogen) atoms. The molecule has 8 nitrogen and oxygen atoms in total. The van der Waals surface area contributed by atoms with E-state index in [2.05, 4.69) is 5.32 Å². The SMILES string of the molecule is CC(C)OC(=O)COC(=O)c1ccccc1SCC(=O)Nc1ccc2c(c1)OCO2. The van der Waals surface area contributed by atoms with Crippen LogP contribution in [0.1, 0.15) is 24.2 Å². The summed E-state index contributed by atoms with van der Waals surface area (Å²) in [5, 5.41) is 2.78. The van der Waals surface area contributed by atoms with E-state index in [0.717, 1.165) is 0 Å². The molecule has 1 aliphatic heterocycles. The summed E-state index contributed by atoms with van der Waals surface area (Å²) >= 11 is 1.19. The highest BCUT2D eigenvalue weighted by Crippen LogP contribution is 2.34. The van der Waals surface area contributed by atoms with Gasteiger partial charge in [-0.2, -0.15) is 0 Å². The highest BCUT2D eigenvalue weighted by molar-refractivity contribution is 8.00. The first-order valence-electron chi connectivity index (χ1n) is 9.20. The van der Waals surface area contributed by atoms with Crippen LogP contribution in [0.2, 0.25) is 0 Å². The van der Waals surface area contributed by atoms with Crippen LogP contribution in [0.15, 0.2) is 47.4 Å². The molecule has 0 saturated carbocycles. The van der Waals surface area contributed by atoms with Gasteiger partial charge in [0.1, 0.15) is 0 Å². The maximum Gasteiger partial charge on any atom is 0.344 e. The van der Waals surface area contributed by atoms with Gasteiger partial charge in [-0.25, -0.2) is 9.59 Å². The van der Waals surface area contributed by atoms with E-state index in [1.165, 1.54) is 11.8 Å². The van der Waals surface area contributed by atoms with Crippen LogP contribution < -0.4 is 14.8 Å². The molecule has 0 spiro atoms. The maximum absolute atomic E-state index is 12.3. The first-order chi connectivity index (χ1) is 14.4. The second-order valence-electron chi connectivity index (χ2n) is 6.52. The van der Waals surface area contributed by atoms with Gasteiger partial charge in [0.05, 0.1) is 17.4 Å². The Balaban J connectivity index is 1.54. The summed E-state index contributed by atoms with van der Waals surface area (Å²) in [6.07, 6.45) is -0.290. The molecule has 0 atom stereocenters. The number of anilines is 1. The molecule has 2 aromatic rings. The molecule has 1 N–H and O–H groups in total. The Morgan fingerprint density at radius 3 is 2.67 bits per heavy atom. The highest BCUT2D eigenvalue weighted by atomic mass is 32.2. The van der Waals surface area contributed by atoms with Gasteiger partial charge in [-0.05, 0) is 38.1 Å². The molecule has 0 aliphatic carbocycles. The number of fused-ring (bicyclic) bond motifs is 1. The summed E-state index contributed by atoms with van der Waals surface area (Å²) in [5.74, 6) is -0.241. The lowest BCUT2D eigenvalue weighted by Gasteiger charge is -2.11. The number of carbonyl (C=O) groups excluding carboxylic acids is 3. The van der Waals surface area contributed by atoms with Crippen molar-refractivity contribution in [3.8, 4) is 11.5 Å². The average Bonchev–Trinajstić information content (AvgIpc) is 3.18. The standard InChI is InChI=1S/C21H21NO7S/c1-13(2)29-20(24)10-26-21(25)15-5-3-4-6-18(15)30-11-19(23)22-14-7-8-16-17(9-14)28-12-27-16/h3-9,13H,10-12H2,1-2H3,(H,22,23). The molecule has 0 radical (unpaired) electrons. The number of esters is 2. The zero-order valence-electron chi connectivity index (χ0n) is 16.5. The number of amides is 1. The van der Waals surface area contributed by atoms with Gasteiger partial charge in [-0.1, -0.05) is 12.1 Å². The quantitative estimate of drug-likeness (QED) is 0.502. The van der Waals surface area contributed by atoms with E-state index < -0.39 is 18.5 Å². The first-order valence-corrected chi connectivity index (χ1v) is 10.2. The minimum absolute atomic E-state index is 0.0775. The minimum atomic E-state index is -0.657. The fourth-order valence-corrected chi connectivity index (χ4v) is 3.42. The van der Waals surface area contributed by atoms with E-state index in [0.29, 0.717) is 22.1 Å². The second kappa shape index (κ2) is 10.0. The lowest BCUT2D eigenvalue weighted by molar-refractivity contribution is -0.151. The van der Waals surface area contributed by atoms with Crippen molar-refractivity contribution in [1.29, 1.82) is 0 Å². The first kappa shape index (κ1) is 21.5. The summed E-state index contributed by atoms with van der Waals surface area (Å²) < 4.78 is 20.5. The topological polar surface area (TPSA) is 100 Å². The van der Waals surface area contributed by atoms with Crippen molar-refractivity contribution in [2.24, 2.45) is 0 Å². The number of hydrogen-bond acceptors (Lipinski definition) is 8. The smallest absolute Gasteiger partial charge is 0.344 e. The van der Waals surface area contributed by atoms with E-state index >= 15 is 0 Å². The van der Waals surface area contributed by atoms with Gasteiger partial charge in [-0.3, -0.25) is 4.79 Å². The fourth-order valence-electron chi connectivity index (χ4n) is 2.57. The van der Waals surface area contributed by atoms with Crippen molar-refractivity contribution in [1.82, 2.24) is 0 Å².